The summed E-state index contributed by atoms with van der Waals surface area (Å²) in [5.41, 5.74) is 6.82. The number of carbonyl (C=O) groups is 2. The molecule has 0 fully saturated rings. The van der Waals surface area contributed by atoms with Gasteiger partial charge in [0.05, 0.1) is 0 Å². The molecule has 0 spiro atoms. The van der Waals surface area contributed by atoms with Crippen molar-refractivity contribution < 1.29 is 9.59 Å². The summed E-state index contributed by atoms with van der Waals surface area (Å²) in [6, 6.07) is 16.5. The molecule has 6 heteroatoms. The van der Waals surface area contributed by atoms with Gasteiger partial charge in [-0.05, 0) is 29.1 Å². The number of carbonyl (C=O) groups excluding carboxylic acids is 2. The summed E-state index contributed by atoms with van der Waals surface area (Å²) in [4.78, 5) is 28.7. The SMILES string of the molecule is O=C(NNC(=O)c1sccc1-c1ccccc1)c1ccccn1. The van der Waals surface area contributed by atoms with Crippen molar-refractivity contribution in [3.8, 4) is 11.1 Å². The molecule has 0 radical (unpaired) electrons. The number of rotatable bonds is 3. The molecule has 0 aliphatic heterocycles. The zero-order valence-electron chi connectivity index (χ0n) is 12.0. The molecule has 1 aromatic carbocycles. The lowest BCUT2D eigenvalue weighted by Crippen LogP contribution is -2.41. The minimum Gasteiger partial charge on any atom is -0.266 e. The van der Waals surface area contributed by atoms with Crippen LogP contribution in [0.3, 0.4) is 0 Å². The van der Waals surface area contributed by atoms with Gasteiger partial charge in [0.1, 0.15) is 10.6 Å². The second kappa shape index (κ2) is 6.85. The third-order valence-electron chi connectivity index (χ3n) is 3.14. The first kappa shape index (κ1) is 14.9. The predicted molar refractivity (Wildman–Crippen MR) is 88.9 cm³/mol. The Bertz CT molecular complexity index is 816. The molecule has 3 rings (SSSR count). The Morgan fingerprint density at radius 1 is 0.870 bits per heavy atom. The van der Waals surface area contributed by atoms with Crippen LogP contribution in [0.4, 0.5) is 0 Å². The summed E-state index contributed by atoms with van der Waals surface area (Å²) >= 11 is 1.32. The molecule has 0 saturated heterocycles. The van der Waals surface area contributed by atoms with Crippen LogP contribution in [0.25, 0.3) is 11.1 Å². The Morgan fingerprint density at radius 3 is 2.35 bits per heavy atom. The summed E-state index contributed by atoms with van der Waals surface area (Å²) in [6.45, 7) is 0. The number of hydrogen-bond donors (Lipinski definition) is 2. The highest BCUT2D eigenvalue weighted by Gasteiger charge is 2.15. The highest BCUT2D eigenvalue weighted by Crippen LogP contribution is 2.27. The molecule has 5 nitrogen and oxygen atoms in total. The van der Waals surface area contributed by atoms with Crippen LogP contribution >= 0.6 is 11.3 Å². The van der Waals surface area contributed by atoms with Gasteiger partial charge in [-0.15, -0.1) is 11.3 Å². The van der Waals surface area contributed by atoms with Crippen molar-refractivity contribution in [2.45, 2.75) is 0 Å². The van der Waals surface area contributed by atoms with E-state index in [1.807, 2.05) is 41.8 Å². The van der Waals surface area contributed by atoms with Crippen molar-refractivity contribution in [1.29, 1.82) is 0 Å². The second-order valence-corrected chi connectivity index (χ2v) is 5.57. The Labute approximate surface area is 137 Å². The molecule has 0 saturated carbocycles. The number of nitrogens with one attached hydrogen (secondary N) is 2. The van der Waals surface area contributed by atoms with E-state index in [-0.39, 0.29) is 11.6 Å². The van der Waals surface area contributed by atoms with E-state index in [4.69, 9.17) is 0 Å². The van der Waals surface area contributed by atoms with Crippen LogP contribution in [0.1, 0.15) is 20.2 Å². The zero-order chi connectivity index (χ0) is 16.1. The van der Waals surface area contributed by atoms with E-state index in [1.165, 1.54) is 17.5 Å². The lowest BCUT2D eigenvalue weighted by atomic mass is 10.1. The van der Waals surface area contributed by atoms with Crippen molar-refractivity contribution in [3.63, 3.8) is 0 Å². The maximum atomic E-state index is 12.3. The molecule has 0 bridgehead atoms. The largest absolute Gasteiger partial charge is 0.288 e. The summed E-state index contributed by atoms with van der Waals surface area (Å²) < 4.78 is 0. The number of benzene rings is 1. The minimum atomic E-state index is -0.461. The molecule has 0 aliphatic rings. The Balaban J connectivity index is 1.70. The number of hydrazine groups is 1. The van der Waals surface area contributed by atoms with E-state index in [0.29, 0.717) is 4.88 Å². The monoisotopic (exact) mass is 323 g/mol. The van der Waals surface area contributed by atoms with Crippen LogP contribution in [-0.4, -0.2) is 16.8 Å². The molecule has 2 heterocycles. The Morgan fingerprint density at radius 2 is 1.61 bits per heavy atom. The molecule has 3 aromatic rings. The van der Waals surface area contributed by atoms with Gasteiger partial charge in [-0.25, -0.2) is 0 Å². The van der Waals surface area contributed by atoms with E-state index in [1.54, 1.807) is 18.2 Å². The van der Waals surface area contributed by atoms with Gasteiger partial charge in [-0.1, -0.05) is 36.4 Å². The average molecular weight is 323 g/mol. The first-order valence-electron chi connectivity index (χ1n) is 6.90. The third kappa shape index (κ3) is 3.44. The van der Waals surface area contributed by atoms with Gasteiger partial charge in [0.15, 0.2) is 0 Å². The number of amides is 2. The number of hydrogen-bond acceptors (Lipinski definition) is 4. The van der Waals surface area contributed by atoms with Gasteiger partial charge >= 0.3 is 0 Å². The van der Waals surface area contributed by atoms with Crippen molar-refractivity contribution >= 4 is 23.2 Å². The van der Waals surface area contributed by atoms with Crippen molar-refractivity contribution in [2.75, 3.05) is 0 Å². The van der Waals surface area contributed by atoms with E-state index in [2.05, 4.69) is 15.8 Å². The molecule has 114 valence electrons. The molecule has 0 unspecified atom stereocenters. The standard InChI is InChI=1S/C17H13N3O2S/c21-16(14-8-4-5-10-18-14)19-20-17(22)15-13(9-11-23-15)12-6-2-1-3-7-12/h1-11H,(H,19,21)(H,20,22). The maximum Gasteiger partial charge on any atom is 0.288 e. The summed E-state index contributed by atoms with van der Waals surface area (Å²) in [5, 5.41) is 1.85. The summed E-state index contributed by atoms with van der Waals surface area (Å²) in [7, 11) is 0. The molecular formula is C17H13N3O2S. The first-order valence-corrected chi connectivity index (χ1v) is 7.78. The van der Waals surface area contributed by atoms with E-state index in [9.17, 15) is 9.59 Å². The molecule has 23 heavy (non-hydrogen) atoms. The van der Waals surface area contributed by atoms with Gasteiger partial charge in [0.25, 0.3) is 11.8 Å². The third-order valence-corrected chi connectivity index (χ3v) is 4.06. The second-order valence-electron chi connectivity index (χ2n) is 4.65. The van der Waals surface area contributed by atoms with E-state index < -0.39 is 5.91 Å². The minimum absolute atomic E-state index is 0.238. The van der Waals surface area contributed by atoms with Gasteiger partial charge in [0.2, 0.25) is 0 Å². The lowest BCUT2D eigenvalue weighted by Gasteiger charge is -2.07. The fraction of sp³-hybridized carbons (Fsp3) is 0. The fourth-order valence-corrected chi connectivity index (χ4v) is 2.87. The van der Waals surface area contributed by atoms with Crippen LogP contribution in [0.15, 0.2) is 66.2 Å². The Kier molecular flexibility index (Phi) is 4.44. The highest BCUT2D eigenvalue weighted by molar-refractivity contribution is 7.12. The maximum absolute atomic E-state index is 12.3. The van der Waals surface area contributed by atoms with Gasteiger partial charge in [-0.2, -0.15) is 0 Å². The van der Waals surface area contributed by atoms with Gasteiger partial charge < -0.3 is 0 Å². The predicted octanol–water partition coefficient (Wildman–Crippen LogP) is 2.88. The Hall–Kier alpha value is -2.99. The van der Waals surface area contributed by atoms with Crippen LogP contribution in [-0.2, 0) is 0 Å². The lowest BCUT2D eigenvalue weighted by molar-refractivity contribution is 0.0846. The quantitative estimate of drug-likeness (QED) is 0.728. The fourth-order valence-electron chi connectivity index (χ4n) is 2.06. The average Bonchev–Trinajstić information content (AvgIpc) is 3.11. The van der Waals surface area contributed by atoms with Crippen molar-refractivity contribution in [2.24, 2.45) is 0 Å². The van der Waals surface area contributed by atoms with Crippen molar-refractivity contribution in [3.05, 3.63) is 76.7 Å². The van der Waals surface area contributed by atoms with E-state index in [0.717, 1.165) is 11.1 Å². The molecule has 0 atom stereocenters. The molecule has 0 aliphatic carbocycles. The smallest absolute Gasteiger partial charge is 0.266 e. The van der Waals surface area contributed by atoms with Crippen LogP contribution in [0, 0.1) is 0 Å². The van der Waals surface area contributed by atoms with Crippen molar-refractivity contribution in [1.82, 2.24) is 15.8 Å². The summed E-state index contributed by atoms with van der Waals surface area (Å²) in [5.74, 6) is -0.820. The summed E-state index contributed by atoms with van der Waals surface area (Å²) in [6.07, 6.45) is 1.52. The molecule has 2 aromatic heterocycles. The zero-order valence-corrected chi connectivity index (χ0v) is 12.8. The van der Waals surface area contributed by atoms with Gasteiger partial charge in [0, 0.05) is 11.8 Å². The van der Waals surface area contributed by atoms with Crippen LogP contribution in [0.2, 0.25) is 0 Å². The van der Waals surface area contributed by atoms with Crippen LogP contribution < -0.4 is 10.9 Å². The highest BCUT2D eigenvalue weighted by atomic mass is 32.1. The van der Waals surface area contributed by atoms with Crippen LogP contribution in [0.5, 0.6) is 0 Å². The van der Waals surface area contributed by atoms with E-state index >= 15 is 0 Å². The number of pyridine rings is 1. The van der Waals surface area contributed by atoms with Gasteiger partial charge in [-0.3, -0.25) is 25.4 Å². The molecule has 2 N–H and O–H groups in total. The normalized spacial score (nSPS) is 10.1. The topological polar surface area (TPSA) is 71.1 Å². The number of aromatic nitrogens is 1. The number of nitrogens with zero attached hydrogens (tertiary/aromatic N) is 1. The number of thiophene rings is 1. The molecule has 2 amide bonds. The first-order chi connectivity index (χ1) is 11.3. The molecular weight excluding hydrogens is 310 g/mol.